The number of nitrogens with two attached hydrogens (primary N) is 1. The van der Waals surface area contributed by atoms with Gasteiger partial charge in [0, 0.05) is 0 Å². The number of aliphatic hydroxyl groups excluding tert-OH is 2. The van der Waals surface area contributed by atoms with E-state index in [4.69, 9.17) is 20.3 Å². The number of nitrogen functional groups attached to an aromatic ring is 1. The molecule has 2 aromatic rings. The molecular weight excluding hydrogens is 368 g/mol. The average Bonchev–Trinajstić information content (AvgIpc) is 3.02. The van der Waals surface area contributed by atoms with E-state index in [0.29, 0.717) is 5.52 Å². The zero-order valence-electron chi connectivity index (χ0n) is 14.4. The maximum absolute atomic E-state index is 10.8. The van der Waals surface area contributed by atoms with Crippen molar-refractivity contribution in [3.63, 3.8) is 0 Å². The summed E-state index contributed by atoms with van der Waals surface area (Å²) < 4.78 is 22.1. The van der Waals surface area contributed by atoms with Crippen molar-refractivity contribution in [3.05, 3.63) is 12.7 Å². The first-order valence-electron chi connectivity index (χ1n) is 6.81. The molecule has 1 aliphatic heterocycles. The molecule has 0 saturated carbocycles. The molecule has 0 aromatic carbocycles. The number of aromatic nitrogens is 4. The molecule has 12 nitrogen and oxygen atoms in total. The summed E-state index contributed by atoms with van der Waals surface area (Å²) in [6, 6.07) is 0. The molecule has 3 rings (SSSR count). The van der Waals surface area contributed by atoms with E-state index >= 15 is 0 Å². The topological polar surface area (TPSA) is 186 Å². The Balaban J connectivity index is 0.00000169. The summed E-state index contributed by atoms with van der Waals surface area (Å²) >= 11 is 0. The fourth-order valence-corrected chi connectivity index (χ4v) is 2.99. The van der Waals surface area contributed by atoms with Crippen molar-refractivity contribution in [2.75, 3.05) is 12.3 Å². The average molecular weight is 385 g/mol. The third kappa shape index (κ3) is 3.74. The first-order valence-corrected chi connectivity index (χ1v) is 8.34. The Labute approximate surface area is 165 Å². The third-order valence-corrected chi connectivity index (χ3v) is 4.38. The van der Waals surface area contributed by atoms with Gasteiger partial charge in [-0.1, -0.05) is 0 Å². The van der Waals surface area contributed by atoms with Crippen LogP contribution in [0.2, 0.25) is 0 Å². The molecule has 0 amide bonds. The number of imidazole rings is 1. The van der Waals surface area contributed by atoms with Crippen molar-refractivity contribution in [2.45, 2.75) is 31.0 Å². The molecule has 1 saturated heterocycles. The Bertz CT molecular complexity index is 821. The number of phosphoric acid groups is 1. The quantitative estimate of drug-likeness (QED) is 0.252. The predicted molar refractivity (Wildman–Crippen MR) is 79.4 cm³/mol. The van der Waals surface area contributed by atoms with Crippen molar-refractivity contribution < 1.29 is 64.8 Å². The molecule has 0 aliphatic carbocycles. The second-order valence-corrected chi connectivity index (χ2v) is 6.72. The van der Waals surface area contributed by atoms with Crippen LogP contribution in [0.4, 0.5) is 5.82 Å². The molecular formula is C11H17N5NaO7P. The predicted octanol–water partition coefficient (Wildman–Crippen LogP) is -4.57. The van der Waals surface area contributed by atoms with Gasteiger partial charge in [-0.15, -0.1) is 0 Å². The molecule has 0 bridgehead atoms. The van der Waals surface area contributed by atoms with Crippen LogP contribution < -0.4 is 35.3 Å². The molecule has 0 spiro atoms. The van der Waals surface area contributed by atoms with Gasteiger partial charge in [-0.25, -0.2) is 19.5 Å². The van der Waals surface area contributed by atoms with Crippen LogP contribution in [0.15, 0.2) is 12.7 Å². The number of nitrogens with zero attached hydrogens (tertiary/aromatic N) is 4. The Kier molecular flexibility index (Phi) is 5.91. The number of phosphoric ester groups is 1. The van der Waals surface area contributed by atoms with Gasteiger partial charge >= 0.3 is 37.4 Å². The smallest absolute Gasteiger partial charge is 1.00 e. The van der Waals surface area contributed by atoms with E-state index in [-0.39, 0.29) is 42.4 Å². The molecule has 1 aliphatic rings. The standard InChI is InChI=1S/C11H16N5O7P.Na.H/c1-11(16-4-15-6-9(12)13-3-14-10(6)16)8(18)7(17)5(23-11)2-22-24(19,20)21;;/h3-5,7-8,17-18H,2H2,1H3,(H2,12,13,14)(H2,19,20,21);;/q;+1;-1/t5-,7-,8-,11-;;/m1../s1. The fourth-order valence-electron chi connectivity index (χ4n) is 2.65. The van der Waals surface area contributed by atoms with Gasteiger partial charge < -0.3 is 31.9 Å². The molecule has 4 atom stereocenters. The number of ether oxygens (including phenoxy) is 1. The van der Waals surface area contributed by atoms with E-state index in [1.54, 1.807) is 0 Å². The minimum absolute atomic E-state index is 0. The van der Waals surface area contributed by atoms with Crippen LogP contribution in [0.1, 0.15) is 8.35 Å². The molecule has 1 fully saturated rings. The third-order valence-electron chi connectivity index (χ3n) is 3.89. The summed E-state index contributed by atoms with van der Waals surface area (Å²) in [4.78, 5) is 29.4. The SMILES string of the molecule is C[C@@]1(n2cnc3c(N)ncnc32)O[C@H](COP(=O)(O)O)[C@@H](O)[C@H]1O.[H-].[Na+]. The Morgan fingerprint density at radius 1 is 1.44 bits per heavy atom. The Morgan fingerprint density at radius 2 is 2.12 bits per heavy atom. The number of hydrogen-bond acceptors (Lipinski definition) is 9. The van der Waals surface area contributed by atoms with Crippen molar-refractivity contribution >= 4 is 24.8 Å². The van der Waals surface area contributed by atoms with Crippen LogP contribution >= 0.6 is 7.82 Å². The second kappa shape index (κ2) is 7.16. The van der Waals surface area contributed by atoms with Gasteiger partial charge in [0.25, 0.3) is 0 Å². The maximum atomic E-state index is 10.8. The van der Waals surface area contributed by atoms with Gasteiger partial charge in [0.1, 0.15) is 30.2 Å². The summed E-state index contributed by atoms with van der Waals surface area (Å²) in [5, 5.41) is 20.5. The minimum atomic E-state index is -4.74. The maximum Gasteiger partial charge on any atom is 1.00 e. The van der Waals surface area contributed by atoms with E-state index in [2.05, 4.69) is 19.5 Å². The van der Waals surface area contributed by atoms with E-state index < -0.39 is 38.5 Å². The number of rotatable bonds is 4. The van der Waals surface area contributed by atoms with E-state index in [9.17, 15) is 14.8 Å². The van der Waals surface area contributed by atoms with Gasteiger partial charge in [-0.3, -0.25) is 9.09 Å². The Hall–Kier alpha value is -0.660. The summed E-state index contributed by atoms with van der Waals surface area (Å²) in [7, 11) is -4.74. The van der Waals surface area contributed by atoms with Crippen LogP contribution in [0.5, 0.6) is 0 Å². The largest absolute Gasteiger partial charge is 1.00 e. The molecule has 2 aromatic heterocycles. The first kappa shape index (κ1) is 20.6. The van der Waals surface area contributed by atoms with Crippen LogP contribution in [-0.4, -0.2) is 64.4 Å². The zero-order valence-corrected chi connectivity index (χ0v) is 16.3. The molecule has 0 radical (unpaired) electrons. The normalized spacial score (nSPS) is 29.7. The van der Waals surface area contributed by atoms with E-state index in [1.165, 1.54) is 24.1 Å². The molecule has 0 unspecified atom stereocenters. The molecule has 134 valence electrons. The van der Waals surface area contributed by atoms with Crippen LogP contribution in [0.3, 0.4) is 0 Å². The van der Waals surface area contributed by atoms with Gasteiger partial charge in [0.15, 0.2) is 17.2 Å². The van der Waals surface area contributed by atoms with Crippen molar-refractivity contribution in [3.8, 4) is 0 Å². The van der Waals surface area contributed by atoms with Gasteiger partial charge in [0.05, 0.1) is 12.9 Å². The number of anilines is 1. The van der Waals surface area contributed by atoms with Gasteiger partial charge in [-0.05, 0) is 6.92 Å². The number of aliphatic hydroxyl groups is 2. The first-order chi connectivity index (χ1) is 11.1. The van der Waals surface area contributed by atoms with E-state index in [1.807, 2.05) is 0 Å². The molecule has 14 heteroatoms. The van der Waals surface area contributed by atoms with Crippen LogP contribution in [0, 0.1) is 0 Å². The Morgan fingerprint density at radius 3 is 2.76 bits per heavy atom. The van der Waals surface area contributed by atoms with Crippen molar-refractivity contribution in [2.24, 2.45) is 0 Å². The monoisotopic (exact) mass is 385 g/mol. The molecule has 25 heavy (non-hydrogen) atoms. The minimum Gasteiger partial charge on any atom is -1.00 e. The number of hydrogen-bond donors (Lipinski definition) is 5. The summed E-state index contributed by atoms with van der Waals surface area (Å²) in [5.41, 5.74) is 4.77. The van der Waals surface area contributed by atoms with Gasteiger partial charge in [-0.2, -0.15) is 0 Å². The molecule has 3 heterocycles. The van der Waals surface area contributed by atoms with Crippen LogP contribution in [0.25, 0.3) is 11.2 Å². The van der Waals surface area contributed by atoms with Gasteiger partial charge in [0.2, 0.25) is 0 Å². The summed E-state index contributed by atoms with van der Waals surface area (Å²) in [6.07, 6.45) is -1.52. The second-order valence-electron chi connectivity index (χ2n) is 5.48. The van der Waals surface area contributed by atoms with Crippen molar-refractivity contribution in [1.29, 1.82) is 0 Å². The summed E-state index contributed by atoms with van der Waals surface area (Å²) in [5.74, 6) is 0.136. The van der Waals surface area contributed by atoms with Crippen LogP contribution in [-0.2, 0) is 19.6 Å². The summed E-state index contributed by atoms with van der Waals surface area (Å²) in [6.45, 7) is 0.861. The van der Waals surface area contributed by atoms with Crippen molar-refractivity contribution in [1.82, 2.24) is 19.5 Å². The van der Waals surface area contributed by atoms with E-state index in [0.717, 1.165) is 0 Å². The molecule has 6 N–H and O–H groups in total. The fraction of sp³-hybridized carbons (Fsp3) is 0.545. The number of fused-ring (bicyclic) bond motifs is 1. The zero-order chi connectivity index (χ0) is 17.7.